The number of benzene rings is 1. The Hall–Kier alpha value is -1.30. The predicted octanol–water partition coefficient (Wildman–Crippen LogP) is 4.11. The van der Waals surface area contributed by atoms with Crippen LogP contribution in [-0.2, 0) is 6.54 Å². The molecule has 0 aliphatic heterocycles. The lowest BCUT2D eigenvalue weighted by molar-refractivity contribution is 0.567. The van der Waals surface area contributed by atoms with Crippen LogP contribution in [-0.4, -0.2) is 21.4 Å². The molecule has 0 aliphatic carbocycles. The lowest BCUT2D eigenvalue weighted by Gasteiger charge is -2.17. The van der Waals surface area contributed by atoms with Crippen LogP contribution >= 0.6 is 35.4 Å². The maximum absolute atomic E-state index is 6.10. The highest BCUT2D eigenvalue weighted by atomic mass is 35.5. The summed E-state index contributed by atoms with van der Waals surface area (Å²) in [6.07, 6.45) is 0.846. The third-order valence-electron chi connectivity index (χ3n) is 3.48. The van der Waals surface area contributed by atoms with Crippen molar-refractivity contribution in [3.8, 4) is 0 Å². The minimum Gasteiger partial charge on any atom is -0.363 e. The third-order valence-corrected chi connectivity index (χ3v) is 4.67. The van der Waals surface area contributed by atoms with E-state index in [-0.39, 0.29) is 6.04 Å². The number of nitrogens with one attached hydrogen (secondary N) is 2. The number of aromatic nitrogens is 2. The van der Waals surface area contributed by atoms with E-state index < -0.39 is 0 Å². The average molecular weight is 371 g/mol. The third kappa shape index (κ3) is 5.09. The molecule has 1 unspecified atom stereocenters. The zero-order chi connectivity index (χ0) is 16.8. The Morgan fingerprint density at radius 3 is 2.61 bits per heavy atom. The van der Waals surface area contributed by atoms with E-state index in [1.54, 1.807) is 4.68 Å². The molecule has 1 atom stereocenters. The Morgan fingerprint density at radius 2 is 2.00 bits per heavy atom. The van der Waals surface area contributed by atoms with Gasteiger partial charge in [-0.2, -0.15) is 5.10 Å². The number of nitrogens with zero attached hydrogens (tertiary/aromatic N) is 2. The Kier molecular flexibility index (Phi) is 6.69. The summed E-state index contributed by atoms with van der Waals surface area (Å²) in [5.74, 6) is 0. The van der Waals surface area contributed by atoms with E-state index in [0.29, 0.717) is 21.8 Å². The molecule has 0 fully saturated rings. The highest BCUT2D eigenvalue weighted by Gasteiger charge is 2.10. The first-order valence-corrected chi connectivity index (χ1v) is 8.63. The molecular weight excluding hydrogens is 351 g/mol. The molecule has 4 nitrogen and oxygen atoms in total. The first-order valence-electron chi connectivity index (χ1n) is 7.46. The monoisotopic (exact) mass is 370 g/mol. The van der Waals surface area contributed by atoms with Crippen molar-refractivity contribution in [2.75, 3.05) is 6.54 Å². The van der Waals surface area contributed by atoms with Crippen LogP contribution in [0.3, 0.4) is 0 Å². The Morgan fingerprint density at radius 1 is 1.30 bits per heavy atom. The first kappa shape index (κ1) is 18.0. The summed E-state index contributed by atoms with van der Waals surface area (Å²) in [5, 5.41) is 12.4. The number of hydrogen-bond donors (Lipinski definition) is 2. The molecule has 1 aromatic heterocycles. The van der Waals surface area contributed by atoms with Crippen molar-refractivity contribution in [3.63, 3.8) is 0 Å². The van der Waals surface area contributed by atoms with Crippen LogP contribution in [0.25, 0.3) is 0 Å². The highest BCUT2D eigenvalue weighted by molar-refractivity contribution is 7.80. The minimum atomic E-state index is 0.165. The van der Waals surface area contributed by atoms with E-state index in [9.17, 15) is 0 Å². The van der Waals surface area contributed by atoms with Gasteiger partial charge in [0.2, 0.25) is 0 Å². The van der Waals surface area contributed by atoms with Gasteiger partial charge in [-0.3, -0.25) is 4.68 Å². The maximum Gasteiger partial charge on any atom is 0.166 e. The van der Waals surface area contributed by atoms with Crippen molar-refractivity contribution in [2.24, 2.45) is 0 Å². The highest BCUT2D eigenvalue weighted by Crippen LogP contribution is 2.24. The summed E-state index contributed by atoms with van der Waals surface area (Å²) in [6.45, 7) is 5.35. The molecule has 0 bridgehead atoms. The second-order valence-electron chi connectivity index (χ2n) is 5.30. The Balaban J connectivity index is 1.72. The van der Waals surface area contributed by atoms with Gasteiger partial charge >= 0.3 is 0 Å². The van der Waals surface area contributed by atoms with Crippen molar-refractivity contribution in [1.29, 1.82) is 0 Å². The summed E-state index contributed by atoms with van der Waals surface area (Å²) in [4.78, 5) is 0. The van der Waals surface area contributed by atoms with Gasteiger partial charge in [0.1, 0.15) is 10.2 Å². The van der Waals surface area contributed by atoms with Crippen molar-refractivity contribution >= 4 is 40.5 Å². The molecule has 23 heavy (non-hydrogen) atoms. The maximum atomic E-state index is 6.10. The zero-order valence-corrected chi connectivity index (χ0v) is 15.5. The van der Waals surface area contributed by atoms with Gasteiger partial charge in [0.05, 0.1) is 11.7 Å². The lowest BCUT2D eigenvalue weighted by atomic mass is 10.1. The van der Waals surface area contributed by atoms with Gasteiger partial charge in [0, 0.05) is 13.1 Å². The Labute approximate surface area is 152 Å². The van der Waals surface area contributed by atoms with Crippen molar-refractivity contribution in [1.82, 2.24) is 20.4 Å². The van der Waals surface area contributed by atoms with E-state index in [1.807, 2.05) is 25.1 Å². The number of thiocarbonyl (C=S) groups is 1. The molecular formula is C16H20Cl2N4S. The lowest BCUT2D eigenvalue weighted by Crippen LogP contribution is -2.37. The van der Waals surface area contributed by atoms with Gasteiger partial charge in [-0.25, -0.2) is 0 Å². The molecule has 0 saturated carbocycles. The van der Waals surface area contributed by atoms with Crippen LogP contribution in [0.15, 0.2) is 30.3 Å². The molecule has 0 amide bonds. The van der Waals surface area contributed by atoms with Crippen LogP contribution in [0, 0.1) is 6.92 Å². The molecule has 1 heterocycles. The van der Waals surface area contributed by atoms with Gasteiger partial charge in [-0.15, -0.1) is 0 Å². The predicted molar refractivity (Wildman–Crippen MR) is 100 cm³/mol. The number of aryl methyl sites for hydroxylation is 2. The van der Waals surface area contributed by atoms with E-state index in [2.05, 4.69) is 34.8 Å². The quantitative estimate of drug-likeness (QED) is 0.592. The second kappa shape index (κ2) is 8.52. The molecule has 2 N–H and O–H groups in total. The van der Waals surface area contributed by atoms with Crippen molar-refractivity contribution < 1.29 is 0 Å². The molecule has 0 spiro atoms. The summed E-state index contributed by atoms with van der Waals surface area (Å²) in [7, 11) is 0. The van der Waals surface area contributed by atoms with E-state index >= 15 is 0 Å². The van der Waals surface area contributed by atoms with Crippen molar-refractivity contribution in [3.05, 3.63) is 51.8 Å². The van der Waals surface area contributed by atoms with Crippen LogP contribution < -0.4 is 10.6 Å². The number of rotatable bonds is 6. The van der Waals surface area contributed by atoms with E-state index in [0.717, 1.165) is 18.7 Å². The van der Waals surface area contributed by atoms with Gasteiger partial charge in [0.25, 0.3) is 0 Å². The molecule has 7 heteroatoms. The molecule has 124 valence electrons. The largest absolute Gasteiger partial charge is 0.363 e. The topological polar surface area (TPSA) is 41.9 Å². The van der Waals surface area contributed by atoms with Gasteiger partial charge in [0.15, 0.2) is 5.11 Å². The summed E-state index contributed by atoms with van der Waals surface area (Å²) in [5.41, 5.74) is 1.95. The number of hydrogen-bond acceptors (Lipinski definition) is 2. The normalized spacial score (nSPS) is 12.0. The molecule has 0 saturated heterocycles. The second-order valence-corrected chi connectivity index (χ2v) is 6.44. The van der Waals surface area contributed by atoms with Gasteiger partial charge < -0.3 is 10.6 Å². The first-order chi connectivity index (χ1) is 11.0. The smallest absolute Gasteiger partial charge is 0.166 e. The fourth-order valence-corrected chi connectivity index (χ4v) is 2.86. The number of halogens is 2. The summed E-state index contributed by atoms with van der Waals surface area (Å²) >= 11 is 17.4. The average Bonchev–Trinajstić information content (AvgIpc) is 2.79. The van der Waals surface area contributed by atoms with Crippen LogP contribution in [0.5, 0.6) is 0 Å². The van der Waals surface area contributed by atoms with E-state index in [4.69, 9.17) is 35.4 Å². The standard InChI is InChI=1S/C16H20Cl2N4S/c1-11(13-7-4-3-5-8-13)20-16(23)19-9-6-10-22-15(18)14(17)12(2)21-22/h3-5,7-8,11H,6,9-10H2,1-2H3,(H2,19,20,23). The fourth-order valence-electron chi connectivity index (χ4n) is 2.18. The van der Waals surface area contributed by atoms with Crippen molar-refractivity contribution in [2.45, 2.75) is 32.9 Å². The van der Waals surface area contributed by atoms with Gasteiger partial charge in [-0.05, 0) is 38.0 Å². The molecule has 2 rings (SSSR count). The fraction of sp³-hybridized carbons (Fsp3) is 0.375. The van der Waals surface area contributed by atoms with E-state index in [1.165, 1.54) is 5.56 Å². The van der Waals surface area contributed by atoms with Crippen LogP contribution in [0.2, 0.25) is 10.2 Å². The SMILES string of the molecule is Cc1nn(CCCNC(=S)NC(C)c2ccccc2)c(Cl)c1Cl. The van der Waals surface area contributed by atoms with Gasteiger partial charge in [-0.1, -0.05) is 53.5 Å². The Bertz CT molecular complexity index is 658. The molecule has 0 aliphatic rings. The van der Waals surface area contributed by atoms with Crippen LogP contribution in [0.4, 0.5) is 0 Å². The molecule has 1 aromatic carbocycles. The van der Waals surface area contributed by atoms with Crippen LogP contribution in [0.1, 0.15) is 30.6 Å². The zero-order valence-electron chi connectivity index (χ0n) is 13.1. The summed E-state index contributed by atoms with van der Waals surface area (Å²) in [6, 6.07) is 10.4. The molecule has 0 radical (unpaired) electrons. The summed E-state index contributed by atoms with van der Waals surface area (Å²) < 4.78 is 1.71. The minimum absolute atomic E-state index is 0.165. The molecule has 2 aromatic rings.